The molecule has 1 atom stereocenters. The summed E-state index contributed by atoms with van der Waals surface area (Å²) >= 11 is 0. The Hall–Kier alpha value is -1.85. The number of likely N-dealkylation sites (N-methyl/N-ethyl adjacent to an activating group) is 1. The third-order valence-electron chi connectivity index (χ3n) is 4.07. The van der Waals surface area contributed by atoms with Crippen molar-refractivity contribution in [2.24, 2.45) is 5.92 Å². The summed E-state index contributed by atoms with van der Waals surface area (Å²) in [4.78, 5) is 27.6. The summed E-state index contributed by atoms with van der Waals surface area (Å²) in [5, 5.41) is 4.39. The third kappa shape index (κ3) is 3.43. The minimum absolute atomic E-state index is 0.0563. The van der Waals surface area contributed by atoms with Crippen LogP contribution < -0.4 is 0 Å². The lowest BCUT2D eigenvalue weighted by molar-refractivity contribution is -0.134. The Morgan fingerprint density at radius 1 is 1.48 bits per heavy atom. The van der Waals surface area contributed by atoms with Gasteiger partial charge in [-0.15, -0.1) is 0 Å². The predicted molar refractivity (Wildman–Crippen MR) is 79.7 cm³/mol. The Bertz CT molecular complexity index is 538. The number of amides is 2. The highest BCUT2D eigenvalue weighted by atomic mass is 16.2. The lowest BCUT2D eigenvalue weighted by Crippen LogP contribution is -2.36. The molecule has 116 valence electrons. The van der Waals surface area contributed by atoms with Gasteiger partial charge in [0.05, 0.1) is 18.2 Å². The number of carbonyl (C=O) groups excluding carboxylic acids is 2. The van der Waals surface area contributed by atoms with Gasteiger partial charge in [0, 0.05) is 38.8 Å². The molecule has 0 aromatic carbocycles. The van der Waals surface area contributed by atoms with Gasteiger partial charge in [-0.3, -0.25) is 14.3 Å². The Balaban J connectivity index is 1.88. The molecule has 0 radical (unpaired) electrons. The van der Waals surface area contributed by atoms with Crippen molar-refractivity contribution in [3.8, 4) is 0 Å². The molecule has 1 aromatic rings. The van der Waals surface area contributed by atoms with E-state index in [1.54, 1.807) is 16.8 Å². The quantitative estimate of drug-likeness (QED) is 0.807. The Morgan fingerprint density at radius 3 is 2.71 bits per heavy atom. The van der Waals surface area contributed by atoms with E-state index in [0.717, 1.165) is 11.4 Å². The summed E-state index contributed by atoms with van der Waals surface area (Å²) in [5.41, 5.74) is 2.09. The zero-order valence-corrected chi connectivity index (χ0v) is 13.3. The SMILES string of the molecule is CCN1C[C@H](C(=O)N(C)CCn2nc(C)cc2C)CC1=O. The van der Waals surface area contributed by atoms with Gasteiger partial charge in [0.1, 0.15) is 0 Å². The number of nitrogens with zero attached hydrogens (tertiary/aromatic N) is 4. The number of rotatable bonds is 5. The lowest BCUT2D eigenvalue weighted by Gasteiger charge is -2.21. The molecule has 6 nitrogen and oxygen atoms in total. The second-order valence-electron chi connectivity index (χ2n) is 5.74. The first-order valence-electron chi connectivity index (χ1n) is 7.46. The summed E-state index contributed by atoms with van der Waals surface area (Å²) in [6.07, 6.45) is 0.344. The molecule has 2 heterocycles. The molecule has 0 saturated carbocycles. The van der Waals surface area contributed by atoms with Crippen molar-refractivity contribution in [1.29, 1.82) is 0 Å². The van der Waals surface area contributed by atoms with E-state index in [0.29, 0.717) is 32.6 Å². The summed E-state index contributed by atoms with van der Waals surface area (Å²) < 4.78 is 1.91. The first-order valence-corrected chi connectivity index (χ1v) is 7.46. The Morgan fingerprint density at radius 2 is 2.19 bits per heavy atom. The fourth-order valence-corrected chi connectivity index (χ4v) is 2.81. The molecule has 1 saturated heterocycles. The van der Waals surface area contributed by atoms with Crippen LogP contribution in [-0.2, 0) is 16.1 Å². The van der Waals surface area contributed by atoms with E-state index in [1.165, 1.54) is 0 Å². The molecule has 0 N–H and O–H groups in total. The van der Waals surface area contributed by atoms with Crippen molar-refractivity contribution < 1.29 is 9.59 Å². The molecule has 21 heavy (non-hydrogen) atoms. The molecule has 0 bridgehead atoms. The number of aryl methyl sites for hydroxylation is 2. The van der Waals surface area contributed by atoms with E-state index in [-0.39, 0.29) is 17.7 Å². The van der Waals surface area contributed by atoms with Gasteiger partial charge in [-0.25, -0.2) is 0 Å². The summed E-state index contributed by atoms with van der Waals surface area (Å²) in [6.45, 7) is 8.43. The minimum Gasteiger partial charge on any atom is -0.344 e. The molecule has 2 amide bonds. The fourth-order valence-electron chi connectivity index (χ4n) is 2.81. The zero-order chi connectivity index (χ0) is 15.6. The molecule has 1 aliphatic heterocycles. The second-order valence-corrected chi connectivity index (χ2v) is 5.74. The summed E-state index contributed by atoms with van der Waals surface area (Å²) in [7, 11) is 1.80. The highest BCUT2D eigenvalue weighted by Crippen LogP contribution is 2.19. The maximum Gasteiger partial charge on any atom is 0.227 e. The van der Waals surface area contributed by atoms with Crippen LogP contribution in [0.3, 0.4) is 0 Å². The Labute approximate surface area is 125 Å². The van der Waals surface area contributed by atoms with Crippen molar-refractivity contribution in [1.82, 2.24) is 19.6 Å². The van der Waals surface area contributed by atoms with Crippen LogP contribution >= 0.6 is 0 Å². The maximum absolute atomic E-state index is 12.4. The van der Waals surface area contributed by atoms with Crippen molar-refractivity contribution in [2.75, 3.05) is 26.7 Å². The average molecular weight is 292 g/mol. The minimum atomic E-state index is -0.192. The van der Waals surface area contributed by atoms with Crippen LogP contribution in [0.4, 0.5) is 0 Å². The fraction of sp³-hybridized carbons (Fsp3) is 0.667. The van der Waals surface area contributed by atoms with E-state index in [4.69, 9.17) is 0 Å². The van der Waals surface area contributed by atoms with E-state index in [9.17, 15) is 9.59 Å². The van der Waals surface area contributed by atoms with Crippen molar-refractivity contribution in [2.45, 2.75) is 33.7 Å². The van der Waals surface area contributed by atoms with Crippen LogP contribution in [0.2, 0.25) is 0 Å². The number of hydrogen-bond acceptors (Lipinski definition) is 3. The molecular weight excluding hydrogens is 268 g/mol. The van der Waals surface area contributed by atoms with E-state index in [1.807, 2.05) is 31.5 Å². The van der Waals surface area contributed by atoms with Crippen LogP contribution in [0.1, 0.15) is 24.7 Å². The van der Waals surface area contributed by atoms with Crippen LogP contribution in [0, 0.1) is 19.8 Å². The largest absolute Gasteiger partial charge is 0.344 e. The van der Waals surface area contributed by atoms with Gasteiger partial charge in [-0.05, 0) is 26.8 Å². The summed E-state index contributed by atoms with van der Waals surface area (Å²) in [6, 6.07) is 2.02. The predicted octanol–water partition coefficient (Wildman–Crippen LogP) is 0.827. The van der Waals surface area contributed by atoms with Gasteiger partial charge < -0.3 is 9.80 Å². The molecule has 2 rings (SSSR count). The molecular formula is C15H24N4O2. The normalized spacial score (nSPS) is 18.4. The van der Waals surface area contributed by atoms with E-state index >= 15 is 0 Å². The number of carbonyl (C=O) groups is 2. The van der Waals surface area contributed by atoms with Crippen LogP contribution in [-0.4, -0.2) is 58.1 Å². The third-order valence-corrected chi connectivity index (χ3v) is 4.07. The van der Waals surface area contributed by atoms with E-state index < -0.39 is 0 Å². The highest BCUT2D eigenvalue weighted by Gasteiger charge is 2.34. The van der Waals surface area contributed by atoms with Crippen LogP contribution in [0.5, 0.6) is 0 Å². The van der Waals surface area contributed by atoms with Crippen molar-refractivity contribution in [3.63, 3.8) is 0 Å². The molecule has 1 aliphatic rings. The van der Waals surface area contributed by atoms with Crippen molar-refractivity contribution >= 4 is 11.8 Å². The number of aromatic nitrogens is 2. The number of hydrogen-bond donors (Lipinski definition) is 0. The van der Waals surface area contributed by atoms with Gasteiger partial charge >= 0.3 is 0 Å². The zero-order valence-electron chi connectivity index (χ0n) is 13.3. The van der Waals surface area contributed by atoms with Gasteiger partial charge in [0.15, 0.2) is 0 Å². The van der Waals surface area contributed by atoms with Gasteiger partial charge in [0.25, 0.3) is 0 Å². The van der Waals surface area contributed by atoms with Gasteiger partial charge in [-0.1, -0.05) is 0 Å². The smallest absolute Gasteiger partial charge is 0.227 e. The van der Waals surface area contributed by atoms with Crippen LogP contribution in [0.25, 0.3) is 0 Å². The number of likely N-dealkylation sites (tertiary alicyclic amines) is 1. The maximum atomic E-state index is 12.4. The first-order chi connectivity index (χ1) is 9.92. The molecule has 0 spiro atoms. The van der Waals surface area contributed by atoms with Gasteiger partial charge in [0.2, 0.25) is 11.8 Å². The standard InChI is InChI=1S/C15H24N4O2/c1-5-18-10-13(9-14(18)20)15(21)17(4)6-7-19-12(3)8-11(2)16-19/h8,13H,5-7,9-10H2,1-4H3/t13-/m1/s1. The molecule has 6 heteroatoms. The second kappa shape index (κ2) is 6.28. The molecule has 1 fully saturated rings. The average Bonchev–Trinajstić information content (AvgIpc) is 2.97. The first kappa shape index (κ1) is 15.5. The summed E-state index contributed by atoms with van der Waals surface area (Å²) in [5.74, 6) is -0.0495. The molecule has 1 aromatic heterocycles. The van der Waals surface area contributed by atoms with Crippen molar-refractivity contribution in [3.05, 3.63) is 17.5 Å². The monoisotopic (exact) mass is 292 g/mol. The van der Waals surface area contributed by atoms with Gasteiger partial charge in [-0.2, -0.15) is 5.10 Å². The molecule has 0 aliphatic carbocycles. The van der Waals surface area contributed by atoms with E-state index in [2.05, 4.69) is 5.10 Å². The lowest BCUT2D eigenvalue weighted by atomic mass is 10.1. The topological polar surface area (TPSA) is 58.4 Å². The Kier molecular flexibility index (Phi) is 4.65. The highest BCUT2D eigenvalue weighted by molar-refractivity contribution is 5.89. The van der Waals surface area contributed by atoms with Crippen LogP contribution in [0.15, 0.2) is 6.07 Å². The molecule has 0 unspecified atom stereocenters.